The number of nitrogen functional groups attached to an aromatic ring is 1. The molecular formula is C13H19N2O7PS2. The Morgan fingerprint density at radius 2 is 2.08 bits per heavy atom. The number of carbonyl (C=O) groups is 1. The lowest BCUT2D eigenvalue weighted by atomic mass is 10.0. The van der Waals surface area contributed by atoms with Crippen LogP contribution in [0, 0.1) is 0 Å². The molecule has 0 aliphatic carbocycles. The van der Waals surface area contributed by atoms with E-state index < -0.39 is 42.8 Å². The lowest BCUT2D eigenvalue weighted by Crippen LogP contribution is -2.32. The molecule has 1 aromatic rings. The second-order valence-electron chi connectivity index (χ2n) is 6.24. The normalized spacial score (nSPS) is 31.2. The Balaban J connectivity index is 1.87. The van der Waals surface area contributed by atoms with Crippen molar-refractivity contribution in [1.82, 2.24) is 0 Å². The summed E-state index contributed by atoms with van der Waals surface area (Å²) in [7, 11) is 0. The average Bonchev–Trinajstić information content (AvgIpc) is 3.07. The minimum absolute atomic E-state index is 0.173. The Bertz CT molecular complexity index is 734. The number of nitrogens with two attached hydrogens (primary N) is 2. The van der Waals surface area contributed by atoms with Gasteiger partial charge in [0.2, 0.25) is 0 Å². The lowest BCUT2D eigenvalue weighted by Gasteiger charge is -2.24. The highest BCUT2D eigenvalue weighted by Crippen LogP contribution is 2.48. The molecule has 1 aromatic heterocycles. The average molecular weight is 410 g/mol. The smallest absolute Gasteiger partial charge is 0.321 e. The number of anilines is 1. The molecule has 0 aromatic carbocycles. The van der Waals surface area contributed by atoms with Crippen molar-refractivity contribution < 1.29 is 33.3 Å². The summed E-state index contributed by atoms with van der Waals surface area (Å²) in [6.45, 7) is -0.479. The van der Waals surface area contributed by atoms with E-state index in [1.165, 1.54) is 0 Å². The molecule has 2 fully saturated rings. The molecule has 12 heteroatoms. The fraction of sp³-hybridized carbons (Fsp3) is 0.615. The van der Waals surface area contributed by atoms with Crippen LogP contribution in [0.4, 0.5) is 5.69 Å². The Labute approximate surface area is 153 Å². The third-order valence-corrected chi connectivity index (χ3v) is 5.78. The van der Waals surface area contributed by atoms with Crippen molar-refractivity contribution in [3.8, 4) is 0 Å². The molecule has 0 radical (unpaired) electrons. The first kappa shape index (κ1) is 19.2. The third kappa shape index (κ3) is 3.90. The zero-order valence-corrected chi connectivity index (χ0v) is 16.0. The molecule has 0 saturated carbocycles. The van der Waals surface area contributed by atoms with Gasteiger partial charge in [0.15, 0.2) is 5.79 Å². The van der Waals surface area contributed by atoms with Gasteiger partial charge in [-0.1, -0.05) is 0 Å². The molecule has 4 unspecified atom stereocenters. The van der Waals surface area contributed by atoms with Crippen LogP contribution in [0.5, 0.6) is 0 Å². The fourth-order valence-corrected chi connectivity index (χ4v) is 4.42. The summed E-state index contributed by atoms with van der Waals surface area (Å²) in [6, 6.07) is 0. The van der Waals surface area contributed by atoms with Crippen molar-refractivity contribution in [3.05, 3.63) is 15.8 Å². The van der Waals surface area contributed by atoms with Crippen LogP contribution in [0.1, 0.15) is 35.2 Å². The van der Waals surface area contributed by atoms with Gasteiger partial charge in [-0.05, 0) is 31.0 Å². The number of rotatable bonds is 5. The number of fused-ring (bicyclic) bond motifs is 1. The van der Waals surface area contributed by atoms with Gasteiger partial charge in [-0.2, -0.15) is 0 Å². The Hall–Kier alpha value is -0.620. The van der Waals surface area contributed by atoms with Crippen molar-refractivity contribution in [1.29, 1.82) is 0 Å². The molecule has 0 spiro atoms. The molecule has 2 aliphatic rings. The standard InChI is InChI=1S/C13H19N2O7PS2/c1-13(2)21-9-6(3-19-23(17,18)24)20-8(10(9)22-13)5-4-25-11(7(5)14)12(15)16/h4,6,8-10H,3,14H2,1-2H3,(H2,15,16)(H2,17,18,24). The molecule has 2 aliphatic heterocycles. The van der Waals surface area contributed by atoms with Gasteiger partial charge in [0.05, 0.1) is 12.3 Å². The number of thiophene rings is 1. The van der Waals surface area contributed by atoms with Gasteiger partial charge in [0, 0.05) is 5.56 Å². The van der Waals surface area contributed by atoms with Crippen molar-refractivity contribution in [2.24, 2.45) is 5.73 Å². The largest absolute Gasteiger partial charge is 0.397 e. The summed E-state index contributed by atoms with van der Waals surface area (Å²) >= 11 is 5.59. The highest BCUT2D eigenvalue weighted by molar-refractivity contribution is 8.06. The van der Waals surface area contributed by atoms with E-state index in [4.69, 9.17) is 30.2 Å². The molecule has 140 valence electrons. The predicted octanol–water partition coefficient (Wildman–Crippen LogP) is 0.615. The molecule has 3 rings (SSSR count). The van der Waals surface area contributed by atoms with Crippen LogP contribution in [-0.2, 0) is 30.5 Å². The summed E-state index contributed by atoms with van der Waals surface area (Å²) < 4.78 is 22.6. The minimum atomic E-state index is -3.82. The van der Waals surface area contributed by atoms with E-state index in [1.54, 1.807) is 19.2 Å². The predicted molar refractivity (Wildman–Crippen MR) is 93.4 cm³/mol. The molecule has 6 N–H and O–H groups in total. The van der Waals surface area contributed by atoms with Crippen molar-refractivity contribution in [2.45, 2.75) is 44.1 Å². The topological polar surface area (TPSA) is 146 Å². The summed E-state index contributed by atoms with van der Waals surface area (Å²) in [5.41, 5.74) is 12.2. The van der Waals surface area contributed by atoms with Crippen LogP contribution in [0.25, 0.3) is 0 Å². The van der Waals surface area contributed by atoms with E-state index in [0.29, 0.717) is 5.56 Å². The number of hydrogen-bond acceptors (Lipinski definition) is 8. The lowest BCUT2D eigenvalue weighted by molar-refractivity contribution is -0.190. The zero-order chi connectivity index (χ0) is 18.6. The maximum atomic E-state index is 11.4. The summed E-state index contributed by atoms with van der Waals surface area (Å²) in [5, 5.41) is 1.69. The Morgan fingerprint density at radius 3 is 2.64 bits per heavy atom. The van der Waals surface area contributed by atoms with E-state index in [-0.39, 0.29) is 17.2 Å². The van der Waals surface area contributed by atoms with E-state index in [9.17, 15) is 14.6 Å². The zero-order valence-electron chi connectivity index (χ0n) is 13.4. The monoisotopic (exact) mass is 410 g/mol. The first-order chi connectivity index (χ1) is 11.5. The molecule has 0 bridgehead atoms. The second-order valence-corrected chi connectivity index (χ2v) is 9.79. The number of ether oxygens (including phenoxy) is 3. The first-order valence-corrected chi connectivity index (χ1v) is 10.9. The van der Waals surface area contributed by atoms with Crippen LogP contribution in [0.3, 0.4) is 0 Å². The minimum Gasteiger partial charge on any atom is -0.397 e. The van der Waals surface area contributed by atoms with Gasteiger partial charge in [-0.15, -0.1) is 11.3 Å². The fourth-order valence-electron chi connectivity index (χ4n) is 3.03. The van der Waals surface area contributed by atoms with Crippen LogP contribution in [0.15, 0.2) is 5.38 Å². The van der Waals surface area contributed by atoms with E-state index in [0.717, 1.165) is 11.3 Å². The van der Waals surface area contributed by atoms with E-state index >= 15 is 0 Å². The van der Waals surface area contributed by atoms with Crippen LogP contribution >= 0.6 is 18.1 Å². The van der Waals surface area contributed by atoms with Crippen LogP contribution in [-0.4, -0.2) is 46.4 Å². The molecule has 4 atom stereocenters. The Kier molecular flexibility index (Phi) is 4.99. The summed E-state index contributed by atoms with van der Waals surface area (Å²) in [5.74, 6) is -1.47. The van der Waals surface area contributed by atoms with Crippen LogP contribution < -0.4 is 11.5 Å². The maximum absolute atomic E-state index is 11.4. The molecular weight excluding hydrogens is 391 g/mol. The van der Waals surface area contributed by atoms with Gasteiger partial charge in [0.25, 0.3) is 5.91 Å². The SMILES string of the molecule is CC1(C)OC2C(COP(O)(O)=S)OC(c3csc(C(N)=O)c3N)C2O1. The van der Waals surface area contributed by atoms with Gasteiger partial charge < -0.3 is 40.0 Å². The number of carbonyl (C=O) groups excluding carboxylic acids is 1. The third-order valence-electron chi connectivity index (χ3n) is 3.95. The molecule has 2 saturated heterocycles. The number of primary amides is 1. The second kappa shape index (κ2) is 6.52. The van der Waals surface area contributed by atoms with Crippen molar-refractivity contribution >= 4 is 41.5 Å². The van der Waals surface area contributed by atoms with Crippen molar-refractivity contribution in [2.75, 3.05) is 12.3 Å². The number of amides is 1. The maximum Gasteiger partial charge on any atom is 0.321 e. The highest BCUT2D eigenvalue weighted by atomic mass is 32.5. The molecule has 25 heavy (non-hydrogen) atoms. The molecule has 9 nitrogen and oxygen atoms in total. The molecule has 3 heterocycles. The van der Waals surface area contributed by atoms with E-state index in [2.05, 4.69) is 11.8 Å². The summed E-state index contributed by atoms with van der Waals surface area (Å²) in [6.07, 6.45) is -2.27. The van der Waals surface area contributed by atoms with Crippen LogP contribution in [0.2, 0.25) is 0 Å². The quantitative estimate of drug-likeness (QED) is 0.513. The van der Waals surface area contributed by atoms with E-state index in [1.807, 2.05) is 0 Å². The first-order valence-electron chi connectivity index (χ1n) is 7.36. The van der Waals surface area contributed by atoms with Gasteiger partial charge >= 0.3 is 6.72 Å². The summed E-state index contributed by atoms with van der Waals surface area (Å²) in [4.78, 5) is 30.2. The molecule has 1 amide bonds. The van der Waals surface area contributed by atoms with Crippen molar-refractivity contribution in [3.63, 3.8) is 0 Å². The highest BCUT2D eigenvalue weighted by Gasteiger charge is 2.56. The van der Waals surface area contributed by atoms with Gasteiger partial charge in [-0.3, -0.25) is 4.79 Å². The van der Waals surface area contributed by atoms with Gasteiger partial charge in [0.1, 0.15) is 29.3 Å². The van der Waals surface area contributed by atoms with Gasteiger partial charge in [-0.25, -0.2) is 0 Å². The Morgan fingerprint density at radius 1 is 1.44 bits per heavy atom. The number of hydrogen-bond donors (Lipinski definition) is 4.